The van der Waals surface area contributed by atoms with Gasteiger partial charge in [0.1, 0.15) is 17.7 Å². The molecule has 0 N–H and O–H groups in total. The topological polar surface area (TPSA) is 66.7 Å². The summed E-state index contributed by atoms with van der Waals surface area (Å²) in [7, 11) is 0. The maximum atomic E-state index is 13.3. The van der Waals surface area contributed by atoms with Crippen molar-refractivity contribution in [2.75, 3.05) is 62.2 Å². The van der Waals surface area contributed by atoms with E-state index in [1.807, 2.05) is 47.4 Å². The molecule has 0 saturated carbocycles. The summed E-state index contributed by atoms with van der Waals surface area (Å²) < 4.78 is 13.2. The molecule has 2 fully saturated rings. The van der Waals surface area contributed by atoms with Crippen LogP contribution in [0.1, 0.15) is 21.5 Å². The van der Waals surface area contributed by atoms with Crippen LogP contribution in [0.25, 0.3) is 0 Å². The summed E-state index contributed by atoms with van der Waals surface area (Å²) in [5, 5.41) is 9.86. The van der Waals surface area contributed by atoms with Gasteiger partial charge in [0.2, 0.25) is 0 Å². The molecule has 2 aliphatic rings. The monoisotopic (exact) mass is 518 g/mol. The molecule has 1 aromatic heterocycles. The Morgan fingerprint density at radius 2 is 1.68 bits per heavy atom. The Morgan fingerprint density at radius 1 is 0.946 bits per heavy atom. The van der Waals surface area contributed by atoms with Gasteiger partial charge in [-0.05, 0) is 42.0 Å². The van der Waals surface area contributed by atoms with Gasteiger partial charge < -0.3 is 14.7 Å². The van der Waals surface area contributed by atoms with Crippen LogP contribution in [0.3, 0.4) is 0 Å². The van der Waals surface area contributed by atoms with E-state index in [-0.39, 0.29) is 11.7 Å². The Bertz CT molecular complexity index is 1290. The number of anilines is 2. The first kappa shape index (κ1) is 25.0. The van der Waals surface area contributed by atoms with E-state index in [1.165, 1.54) is 12.3 Å². The van der Waals surface area contributed by atoms with Crippen LogP contribution >= 0.6 is 11.6 Å². The van der Waals surface area contributed by atoms with Crippen molar-refractivity contribution in [2.24, 2.45) is 0 Å². The Morgan fingerprint density at radius 3 is 2.38 bits per heavy atom. The summed E-state index contributed by atoms with van der Waals surface area (Å²) in [6, 6.07) is 18.8. The third-order valence-electron chi connectivity index (χ3n) is 7.01. The fraction of sp³-hybridized carbons (Fsp3) is 0.321. The van der Waals surface area contributed by atoms with Gasteiger partial charge in [0.25, 0.3) is 5.91 Å². The first-order valence-electron chi connectivity index (χ1n) is 12.4. The number of benzene rings is 2. The first-order chi connectivity index (χ1) is 18.0. The summed E-state index contributed by atoms with van der Waals surface area (Å²) >= 11 is 6.46. The molecule has 7 nitrogen and oxygen atoms in total. The van der Waals surface area contributed by atoms with Crippen molar-refractivity contribution in [3.05, 3.63) is 88.3 Å². The molecule has 0 bridgehead atoms. The molecule has 37 heavy (non-hydrogen) atoms. The second kappa shape index (κ2) is 11.2. The van der Waals surface area contributed by atoms with Gasteiger partial charge in [-0.1, -0.05) is 29.8 Å². The highest BCUT2D eigenvalue weighted by Crippen LogP contribution is 2.24. The fourth-order valence-corrected chi connectivity index (χ4v) is 5.15. The molecule has 0 radical (unpaired) electrons. The number of nitriles is 1. The van der Waals surface area contributed by atoms with Crippen LogP contribution < -0.4 is 9.80 Å². The molecule has 3 heterocycles. The largest absolute Gasteiger partial charge is 0.368 e. The van der Waals surface area contributed by atoms with Gasteiger partial charge in [-0.25, -0.2) is 9.37 Å². The number of aromatic nitrogens is 1. The number of carbonyl (C=O) groups is 1. The van der Waals surface area contributed by atoms with Crippen LogP contribution in [0.4, 0.5) is 15.9 Å². The lowest BCUT2D eigenvalue weighted by Gasteiger charge is -2.36. The molecule has 3 aromatic rings. The lowest BCUT2D eigenvalue weighted by Crippen LogP contribution is -2.49. The average Bonchev–Trinajstić information content (AvgIpc) is 2.94. The molecule has 190 valence electrons. The molecule has 0 atom stereocenters. The zero-order valence-corrected chi connectivity index (χ0v) is 21.2. The Labute approximate surface area is 221 Å². The molecule has 2 saturated heterocycles. The van der Waals surface area contributed by atoms with E-state index in [2.05, 4.69) is 25.8 Å². The summed E-state index contributed by atoms with van der Waals surface area (Å²) in [5.41, 5.74) is 3.26. The van der Waals surface area contributed by atoms with Crippen molar-refractivity contribution in [1.82, 2.24) is 14.8 Å². The highest BCUT2D eigenvalue weighted by atomic mass is 35.5. The van der Waals surface area contributed by atoms with Gasteiger partial charge in [-0.2, -0.15) is 5.26 Å². The second-order valence-corrected chi connectivity index (χ2v) is 9.73. The van der Waals surface area contributed by atoms with Gasteiger partial charge in [0.05, 0.1) is 28.0 Å². The number of hydrogen-bond acceptors (Lipinski definition) is 6. The van der Waals surface area contributed by atoms with Gasteiger partial charge in [0.15, 0.2) is 0 Å². The van der Waals surface area contributed by atoms with Gasteiger partial charge in [-0.3, -0.25) is 9.69 Å². The predicted molar refractivity (Wildman–Crippen MR) is 142 cm³/mol. The Balaban J connectivity index is 1.18. The Kier molecular flexibility index (Phi) is 7.54. The lowest BCUT2D eigenvalue weighted by atomic mass is 10.1. The molecular weight excluding hydrogens is 491 g/mol. The van der Waals surface area contributed by atoms with Gasteiger partial charge >= 0.3 is 0 Å². The van der Waals surface area contributed by atoms with Crippen molar-refractivity contribution < 1.29 is 9.18 Å². The van der Waals surface area contributed by atoms with Crippen LogP contribution in [0, 0.1) is 17.1 Å². The molecule has 2 aromatic carbocycles. The molecule has 0 unspecified atom stereocenters. The number of halogens is 2. The minimum absolute atomic E-state index is 0.0727. The third-order valence-corrected chi connectivity index (χ3v) is 7.34. The SMILES string of the molecule is N#Cc1ccccc1N1CCN(Cc2ccc(Cl)c(C(=O)N3CCN(c4ccc(F)cn4)CC3)c2)CC1. The number of hydrogen-bond donors (Lipinski definition) is 0. The van der Waals surface area contributed by atoms with Crippen LogP contribution in [-0.4, -0.2) is 73.0 Å². The molecular formula is C28H28ClFN6O. The van der Waals surface area contributed by atoms with Crippen molar-refractivity contribution >= 4 is 29.0 Å². The predicted octanol–water partition coefficient (Wildman–Crippen LogP) is 4.03. The highest BCUT2D eigenvalue weighted by molar-refractivity contribution is 6.33. The third kappa shape index (κ3) is 5.68. The van der Waals surface area contributed by atoms with E-state index < -0.39 is 0 Å². The number of piperazine rings is 2. The standard InChI is InChI=1S/C28H28ClFN6O/c29-25-7-5-21(20-33-9-11-34(12-10-33)26-4-2-1-3-22(26)18-31)17-24(25)28(37)36-15-13-35(14-16-36)27-8-6-23(30)19-32-27/h1-8,17,19H,9-16,20H2. The first-order valence-corrected chi connectivity index (χ1v) is 12.8. The summed E-state index contributed by atoms with van der Waals surface area (Å²) in [5.74, 6) is 0.277. The highest BCUT2D eigenvalue weighted by Gasteiger charge is 2.25. The van der Waals surface area contributed by atoms with Crippen LogP contribution in [0.2, 0.25) is 5.02 Å². The molecule has 2 aliphatic heterocycles. The summed E-state index contributed by atoms with van der Waals surface area (Å²) in [6.07, 6.45) is 1.21. The fourth-order valence-electron chi connectivity index (χ4n) is 4.95. The maximum Gasteiger partial charge on any atom is 0.255 e. The number of pyridine rings is 1. The molecule has 0 spiro atoms. The number of nitrogens with zero attached hydrogens (tertiary/aromatic N) is 6. The normalized spacial score (nSPS) is 16.5. The number of carbonyl (C=O) groups excluding carboxylic acids is 1. The van der Waals surface area contributed by atoms with Crippen LogP contribution in [0.5, 0.6) is 0 Å². The number of rotatable bonds is 5. The van der Waals surface area contributed by atoms with Crippen LogP contribution in [0.15, 0.2) is 60.8 Å². The van der Waals surface area contributed by atoms with E-state index in [1.54, 1.807) is 6.07 Å². The van der Waals surface area contributed by atoms with E-state index in [4.69, 9.17) is 11.6 Å². The smallest absolute Gasteiger partial charge is 0.255 e. The number of amides is 1. The van der Waals surface area contributed by atoms with Crippen molar-refractivity contribution in [3.8, 4) is 6.07 Å². The van der Waals surface area contributed by atoms with Crippen molar-refractivity contribution in [3.63, 3.8) is 0 Å². The summed E-state index contributed by atoms with van der Waals surface area (Å²) in [4.78, 5) is 26.0. The maximum absolute atomic E-state index is 13.3. The zero-order valence-electron chi connectivity index (χ0n) is 20.5. The van der Waals surface area contributed by atoms with Crippen molar-refractivity contribution in [2.45, 2.75) is 6.54 Å². The number of para-hydroxylation sites is 1. The quantitative estimate of drug-likeness (QED) is 0.508. The average molecular weight is 519 g/mol. The van der Waals surface area contributed by atoms with E-state index in [0.29, 0.717) is 48.1 Å². The minimum atomic E-state index is -0.363. The zero-order chi connectivity index (χ0) is 25.8. The minimum Gasteiger partial charge on any atom is -0.368 e. The molecule has 9 heteroatoms. The summed E-state index contributed by atoms with van der Waals surface area (Å²) in [6.45, 7) is 6.48. The van der Waals surface area contributed by atoms with Crippen LogP contribution in [-0.2, 0) is 6.54 Å². The van der Waals surface area contributed by atoms with Crippen molar-refractivity contribution in [1.29, 1.82) is 5.26 Å². The molecule has 1 amide bonds. The lowest BCUT2D eigenvalue weighted by molar-refractivity contribution is 0.0746. The van der Waals surface area contributed by atoms with E-state index >= 15 is 0 Å². The second-order valence-electron chi connectivity index (χ2n) is 9.32. The molecule has 5 rings (SSSR count). The Hall–Kier alpha value is -3.67. The molecule has 0 aliphatic carbocycles. The van der Waals surface area contributed by atoms with E-state index in [9.17, 15) is 14.4 Å². The van der Waals surface area contributed by atoms with Gasteiger partial charge in [-0.15, -0.1) is 0 Å². The van der Waals surface area contributed by atoms with E-state index in [0.717, 1.165) is 44.0 Å². The van der Waals surface area contributed by atoms with Gasteiger partial charge in [0, 0.05) is 58.9 Å².